The van der Waals surface area contributed by atoms with Gasteiger partial charge < -0.3 is 0 Å². The lowest BCUT2D eigenvalue weighted by molar-refractivity contribution is -0.116. The standard InChI is InChI=1S/C24H25BrN2O/c1-4-19-15-21(25)16-26-24(19)27(18(3)28)22-11-8-10-20(13-14-22)23-12-7-5-6-9-17(23)2/h6-16,22H,4-5H2,1-3H3. The fourth-order valence-electron chi connectivity index (χ4n) is 3.45. The van der Waals surface area contributed by atoms with Crippen LogP contribution in [0.5, 0.6) is 0 Å². The number of carbonyl (C=O) groups excluding carboxylic acids is 1. The first-order chi connectivity index (χ1) is 13.5. The van der Waals surface area contributed by atoms with E-state index in [-0.39, 0.29) is 11.9 Å². The number of allylic oxidation sites excluding steroid dienone is 10. The quantitative estimate of drug-likeness (QED) is 0.578. The number of halogens is 1. The van der Waals surface area contributed by atoms with Crippen LogP contribution in [0.15, 0.2) is 88.1 Å². The molecule has 0 saturated carbocycles. The average Bonchev–Trinajstić information content (AvgIpc) is 3.03. The summed E-state index contributed by atoms with van der Waals surface area (Å²) in [6.45, 7) is 5.80. The summed E-state index contributed by atoms with van der Waals surface area (Å²) < 4.78 is 0.920. The monoisotopic (exact) mass is 436 g/mol. The van der Waals surface area contributed by atoms with E-state index in [1.807, 2.05) is 18.2 Å². The van der Waals surface area contributed by atoms with Gasteiger partial charge in [-0.3, -0.25) is 9.69 Å². The van der Waals surface area contributed by atoms with Gasteiger partial charge in [0, 0.05) is 17.6 Å². The molecule has 0 N–H and O–H groups in total. The lowest BCUT2D eigenvalue weighted by Crippen LogP contribution is -2.38. The SMILES string of the molecule is CCc1cc(Br)cnc1N(C(C)=O)C1C=CC=C(C2=C(C)C=CCC=C2)C=C1. The van der Waals surface area contributed by atoms with E-state index < -0.39 is 0 Å². The minimum absolute atomic E-state index is 0.0278. The molecule has 1 amide bonds. The second-order valence-electron chi connectivity index (χ2n) is 6.87. The van der Waals surface area contributed by atoms with Gasteiger partial charge in [0.05, 0.1) is 6.04 Å². The van der Waals surface area contributed by atoms with E-state index in [0.717, 1.165) is 28.5 Å². The zero-order valence-electron chi connectivity index (χ0n) is 16.5. The van der Waals surface area contributed by atoms with Crippen LogP contribution in [0.3, 0.4) is 0 Å². The Labute approximate surface area is 175 Å². The van der Waals surface area contributed by atoms with E-state index >= 15 is 0 Å². The van der Waals surface area contributed by atoms with Gasteiger partial charge in [0.2, 0.25) is 5.91 Å². The molecule has 1 atom stereocenters. The first kappa shape index (κ1) is 20.3. The Kier molecular flexibility index (Phi) is 6.63. The van der Waals surface area contributed by atoms with Crippen molar-refractivity contribution in [2.75, 3.05) is 4.90 Å². The Bertz CT molecular complexity index is 947. The maximum atomic E-state index is 12.5. The van der Waals surface area contributed by atoms with Crippen LogP contribution in [-0.2, 0) is 11.2 Å². The van der Waals surface area contributed by atoms with Gasteiger partial charge in [-0.1, -0.05) is 61.6 Å². The molecule has 4 heteroatoms. The molecule has 2 aliphatic rings. The van der Waals surface area contributed by atoms with Gasteiger partial charge in [0.25, 0.3) is 0 Å². The summed E-state index contributed by atoms with van der Waals surface area (Å²) in [7, 11) is 0. The zero-order chi connectivity index (χ0) is 20.1. The van der Waals surface area contributed by atoms with Crippen molar-refractivity contribution in [2.45, 2.75) is 39.7 Å². The third kappa shape index (κ3) is 4.50. The van der Waals surface area contributed by atoms with E-state index in [1.54, 1.807) is 18.0 Å². The highest BCUT2D eigenvalue weighted by atomic mass is 79.9. The third-order valence-electron chi connectivity index (χ3n) is 4.87. The van der Waals surface area contributed by atoms with Gasteiger partial charge in [-0.15, -0.1) is 0 Å². The molecule has 0 aliphatic heterocycles. The van der Waals surface area contributed by atoms with Crippen LogP contribution in [0.25, 0.3) is 0 Å². The van der Waals surface area contributed by atoms with Crippen LogP contribution in [0.4, 0.5) is 5.82 Å². The number of carbonyl (C=O) groups is 1. The minimum atomic E-state index is -0.184. The Hall–Kier alpha value is -2.46. The molecule has 0 aromatic carbocycles. The maximum absolute atomic E-state index is 12.5. The lowest BCUT2D eigenvalue weighted by atomic mass is 10.00. The summed E-state index contributed by atoms with van der Waals surface area (Å²) in [4.78, 5) is 18.9. The van der Waals surface area contributed by atoms with Crippen molar-refractivity contribution < 1.29 is 4.79 Å². The molecule has 28 heavy (non-hydrogen) atoms. The van der Waals surface area contributed by atoms with Crippen LogP contribution in [0.2, 0.25) is 0 Å². The Morgan fingerprint density at radius 3 is 2.79 bits per heavy atom. The van der Waals surface area contributed by atoms with E-state index in [0.29, 0.717) is 5.82 Å². The molecule has 1 unspecified atom stereocenters. The molecule has 0 saturated heterocycles. The van der Waals surface area contributed by atoms with Crippen molar-refractivity contribution in [3.8, 4) is 0 Å². The van der Waals surface area contributed by atoms with Crippen molar-refractivity contribution in [1.82, 2.24) is 4.98 Å². The van der Waals surface area contributed by atoms with E-state index in [1.165, 1.54) is 11.1 Å². The number of anilines is 1. The van der Waals surface area contributed by atoms with Gasteiger partial charge in [-0.2, -0.15) is 0 Å². The van der Waals surface area contributed by atoms with Crippen LogP contribution in [-0.4, -0.2) is 16.9 Å². The van der Waals surface area contributed by atoms with Crippen molar-refractivity contribution in [1.29, 1.82) is 0 Å². The van der Waals surface area contributed by atoms with Crippen molar-refractivity contribution in [2.24, 2.45) is 0 Å². The van der Waals surface area contributed by atoms with Crippen LogP contribution in [0, 0.1) is 0 Å². The molecule has 0 spiro atoms. The van der Waals surface area contributed by atoms with Crippen LogP contribution in [0.1, 0.15) is 32.8 Å². The summed E-state index contributed by atoms with van der Waals surface area (Å²) in [6, 6.07) is 1.85. The third-order valence-corrected chi connectivity index (χ3v) is 5.31. The molecule has 1 aromatic rings. The van der Waals surface area contributed by atoms with Gasteiger partial charge in [-0.25, -0.2) is 4.98 Å². The number of pyridine rings is 1. The highest BCUT2D eigenvalue weighted by molar-refractivity contribution is 9.10. The topological polar surface area (TPSA) is 33.2 Å². The summed E-state index contributed by atoms with van der Waals surface area (Å²) >= 11 is 3.48. The summed E-state index contributed by atoms with van der Waals surface area (Å²) in [5, 5.41) is 0. The Balaban J connectivity index is 1.96. The number of amides is 1. The van der Waals surface area contributed by atoms with Gasteiger partial charge >= 0.3 is 0 Å². The molecule has 3 nitrogen and oxygen atoms in total. The highest BCUT2D eigenvalue weighted by Crippen LogP contribution is 2.28. The largest absolute Gasteiger partial charge is 0.286 e. The van der Waals surface area contributed by atoms with Gasteiger partial charge in [-0.05, 0) is 64.0 Å². The first-order valence-corrected chi connectivity index (χ1v) is 10.4. The fraction of sp³-hybridized carbons (Fsp3) is 0.250. The molecular weight excluding hydrogens is 412 g/mol. The zero-order valence-corrected chi connectivity index (χ0v) is 18.1. The average molecular weight is 437 g/mol. The number of aromatic nitrogens is 1. The molecule has 1 heterocycles. The minimum Gasteiger partial charge on any atom is -0.286 e. The lowest BCUT2D eigenvalue weighted by Gasteiger charge is -2.27. The number of aryl methyl sites for hydroxylation is 1. The van der Waals surface area contributed by atoms with E-state index in [4.69, 9.17) is 0 Å². The molecular formula is C24H25BrN2O. The van der Waals surface area contributed by atoms with E-state index in [9.17, 15) is 4.79 Å². The Morgan fingerprint density at radius 2 is 2.04 bits per heavy atom. The normalized spacial score (nSPS) is 18.7. The summed E-state index contributed by atoms with van der Waals surface area (Å²) in [5.74, 6) is 0.689. The smallest absolute Gasteiger partial charge is 0.225 e. The highest BCUT2D eigenvalue weighted by Gasteiger charge is 2.23. The molecule has 0 fully saturated rings. The molecule has 2 aliphatic carbocycles. The number of rotatable bonds is 4. The van der Waals surface area contributed by atoms with Crippen molar-refractivity contribution in [3.63, 3.8) is 0 Å². The molecule has 0 radical (unpaired) electrons. The van der Waals surface area contributed by atoms with Crippen LogP contribution >= 0.6 is 15.9 Å². The summed E-state index contributed by atoms with van der Waals surface area (Å²) in [5.41, 5.74) is 4.63. The number of hydrogen-bond acceptors (Lipinski definition) is 2. The van der Waals surface area contributed by atoms with Crippen molar-refractivity contribution >= 4 is 27.7 Å². The maximum Gasteiger partial charge on any atom is 0.225 e. The molecule has 3 rings (SSSR count). The molecule has 1 aromatic heterocycles. The molecule has 144 valence electrons. The number of hydrogen-bond donors (Lipinski definition) is 0. The van der Waals surface area contributed by atoms with Crippen LogP contribution < -0.4 is 4.90 Å². The number of nitrogens with zero attached hydrogens (tertiary/aromatic N) is 2. The fourth-order valence-corrected chi connectivity index (χ4v) is 3.83. The second kappa shape index (κ2) is 9.16. The summed E-state index contributed by atoms with van der Waals surface area (Å²) in [6.07, 6.45) is 22.5. The molecule has 0 bridgehead atoms. The predicted molar refractivity (Wildman–Crippen MR) is 120 cm³/mol. The Morgan fingerprint density at radius 1 is 1.25 bits per heavy atom. The van der Waals surface area contributed by atoms with Gasteiger partial charge in [0.15, 0.2) is 0 Å². The van der Waals surface area contributed by atoms with Gasteiger partial charge in [0.1, 0.15) is 5.82 Å². The first-order valence-electron chi connectivity index (χ1n) is 9.56. The van der Waals surface area contributed by atoms with E-state index in [2.05, 4.69) is 77.3 Å². The second-order valence-corrected chi connectivity index (χ2v) is 7.79. The predicted octanol–water partition coefficient (Wildman–Crippen LogP) is 6.01. The van der Waals surface area contributed by atoms with Crippen molar-refractivity contribution in [3.05, 3.63) is 93.7 Å².